The second-order valence-electron chi connectivity index (χ2n) is 5.01. The summed E-state index contributed by atoms with van der Waals surface area (Å²) in [4.78, 5) is 24.6. The predicted octanol–water partition coefficient (Wildman–Crippen LogP) is 1.46. The first-order valence-corrected chi connectivity index (χ1v) is 7.29. The lowest BCUT2D eigenvalue weighted by Crippen LogP contribution is -2.41. The summed E-state index contributed by atoms with van der Waals surface area (Å²) in [5.74, 6) is 1.84. The monoisotopic (exact) mass is 258 g/mol. The number of carbonyl (C=O) groups is 2. The molecule has 0 spiro atoms. The number of carbonyl (C=O) groups excluding carboxylic acids is 2. The fourth-order valence-corrected chi connectivity index (χ4v) is 2.59. The van der Waals surface area contributed by atoms with Crippen LogP contribution in [0.1, 0.15) is 33.6 Å². The highest BCUT2D eigenvalue weighted by atomic mass is 32.2. The van der Waals surface area contributed by atoms with Gasteiger partial charge in [-0.05, 0) is 25.7 Å². The van der Waals surface area contributed by atoms with E-state index in [-0.39, 0.29) is 24.4 Å². The Morgan fingerprint density at radius 2 is 2.12 bits per heavy atom. The van der Waals surface area contributed by atoms with Crippen molar-refractivity contribution in [3.05, 3.63) is 0 Å². The van der Waals surface area contributed by atoms with Crippen LogP contribution >= 0.6 is 11.8 Å². The quantitative estimate of drug-likeness (QED) is 0.784. The van der Waals surface area contributed by atoms with Crippen molar-refractivity contribution in [1.82, 2.24) is 10.2 Å². The molecule has 1 unspecified atom stereocenters. The van der Waals surface area contributed by atoms with Gasteiger partial charge in [-0.1, -0.05) is 13.8 Å². The lowest BCUT2D eigenvalue weighted by molar-refractivity contribution is -0.132. The molecule has 1 aliphatic rings. The third kappa shape index (κ3) is 5.44. The molecule has 1 aliphatic heterocycles. The van der Waals surface area contributed by atoms with E-state index in [9.17, 15) is 9.59 Å². The fourth-order valence-electron chi connectivity index (χ4n) is 1.69. The standard InChI is InChI=1S/C12H22N2O2S/c1-9(2)4-5-10(3)13-11(15)6-14-8-17-7-12(14)16/h9-10H,4-8H2,1-3H3,(H,13,15). The van der Waals surface area contributed by atoms with Gasteiger partial charge in [0.2, 0.25) is 11.8 Å². The molecule has 98 valence electrons. The first kappa shape index (κ1) is 14.4. The number of amides is 2. The van der Waals surface area contributed by atoms with Crippen LogP contribution < -0.4 is 5.32 Å². The molecule has 1 N–H and O–H groups in total. The molecule has 5 heteroatoms. The number of nitrogens with zero attached hydrogens (tertiary/aromatic N) is 1. The summed E-state index contributed by atoms with van der Waals surface area (Å²) in [6, 6.07) is 0.190. The highest BCUT2D eigenvalue weighted by Crippen LogP contribution is 2.14. The van der Waals surface area contributed by atoms with Crippen LogP contribution in [0.2, 0.25) is 0 Å². The topological polar surface area (TPSA) is 49.4 Å². The van der Waals surface area contributed by atoms with Gasteiger partial charge in [0.25, 0.3) is 0 Å². The van der Waals surface area contributed by atoms with E-state index in [1.807, 2.05) is 6.92 Å². The van der Waals surface area contributed by atoms with E-state index >= 15 is 0 Å². The molecule has 0 saturated carbocycles. The molecule has 1 heterocycles. The molecule has 0 aromatic heterocycles. The minimum Gasteiger partial charge on any atom is -0.352 e. The summed E-state index contributed by atoms with van der Waals surface area (Å²) >= 11 is 1.56. The lowest BCUT2D eigenvalue weighted by atomic mass is 10.0. The molecule has 0 aromatic rings. The van der Waals surface area contributed by atoms with Crippen LogP contribution in [0, 0.1) is 5.92 Å². The molecular formula is C12H22N2O2S. The SMILES string of the molecule is CC(C)CCC(C)NC(=O)CN1CSCC1=O. The molecule has 17 heavy (non-hydrogen) atoms. The predicted molar refractivity (Wildman–Crippen MR) is 70.7 cm³/mol. The van der Waals surface area contributed by atoms with Gasteiger partial charge in [0.15, 0.2) is 0 Å². The molecule has 0 aromatic carbocycles. The summed E-state index contributed by atoms with van der Waals surface area (Å²) in [7, 11) is 0. The van der Waals surface area contributed by atoms with Crippen LogP contribution in [0.4, 0.5) is 0 Å². The Hall–Kier alpha value is -0.710. The van der Waals surface area contributed by atoms with Crippen LogP contribution in [0.3, 0.4) is 0 Å². The van der Waals surface area contributed by atoms with Crippen molar-refractivity contribution < 1.29 is 9.59 Å². The van der Waals surface area contributed by atoms with Crippen LogP contribution in [0.25, 0.3) is 0 Å². The average molecular weight is 258 g/mol. The summed E-state index contributed by atoms with van der Waals surface area (Å²) in [6.07, 6.45) is 2.10. The summed E-state index contributed by atoms with van der Waals surface area (Å²) in [6.45, 7) is 6.57. The maximum absolute atomic E-state index is 11.7. The molecule has 0 bridgehead atoms. The molecule has 0 radical (unpaired) electrons. The normalized spacial score (nSPS) is 17.6. The van der Waals surface area contributed by atoms with Gasteiger partial charge in [0.05, 0.1) is 11.6 Å². The van der Waals surface area contributed by atoms with E-state index in [2.05, 4.69) is 19.2 Å². The van der Waals surface area contributed by atoms with Crippen LogP contribution in [-0.4, -0.2) is 40.9 Å². The molecule has 4 nitrogen and oxygen atoms in total. The Kier molecular flexibility index (Phi) is 5.82. The fraction of sp³-hybridized carbons (Fsp3) is 0.833. The van der Waals surface area contributed by atoms with Crippen molar-refractivity contribution in [1.29, 1.82) is 0 Å². The van der Waals surface area contributed by atoms with Crippen LogP contribution in [0.5, 0.6) is 0 Å². The van der Waals surface area contributed by atoms with E-state index in [1.165, 1.54) is 0 Å². The summed E-state index contributed by atoms with van der Waals surface area (Å²) in [5.41, 5.74) is 0. The Balaban J connectivity index is 2.22. The second kappa shape index (κ2) is 6.89. The maximum atomic E-state index is 11.7. The molecular weight excluding hydrogens is 236 g/mol. The Bertz CT molecular complexity index is 282. The van der Waals surface area contributed by atoms with Gasteiger partial charge in [0, 0.05) is 6.04 Å². The van der Waals surface area contributed by atoms with Gasteiger partial charge in [-0.25, -0.2) is 0 Å². The molecule has 1 saturated heterocycles. The number of rotatable bonds is 6. The smallest absolute Gasteiger partial charge is 0.239 e. The Labute approximate surface area is 108 Å². The summed E-state index contributed by atoms with van der Waals surface area (Å²) < 4.78 is 0. The molecule has 2 amide bonds. The number of hydrogen-bond acceptors (Lipinski definition) is 3. The molecule has 1 rings (SSSR count). The van der Waals surface area contributed by atoms with Gasteiger partial charge in [-0.2, -0.15) is 0 Å². The third-order valence-corrected chi connectivity index (χ3v) is 3.69. The zero-order valence-electron chi connectivity index (χ0n) is 10.9. The van der Waals surface area contributed by atoms with E-state index in [1.54, 1.807) is 16.7 Å². The number of thioether (sulfide) groups is 1. The van der Waals surface area contributed by atoms with Crippen molar-refractivity contribution in [3.8, 4) is 0 Å². The summed E-state index contributed by atoms with van der Waals surface area (Å²) in [5, 5.41) is 2.94. The van der Waals surface area contributed by atoms with E-state index in [0.29, 0.717) is 17.5 Å². The second-order valence-corrected chi connectivity index (χ2v) is 5.96. The largest absolute Gasteiger partial charge is 0.352 e. The Morgan fingerprint density at radius 1 is 1.41 bits per heavy atom. The third-order valence-electron chi connectivity index (χ3n) is 2.74. The van der Waals surface area contributed by atoms with Crippen molar-refractivity contribution >= 4 is 23.6 Å². The number of hydrogen-bond donors (Lipinski definition) is 1. The zero-order valence-corrected chi connectivity index (χ0v) is 11.7. The Morgan fingerprint density at radius 3 is 2.65 bits per heavy atom. The first-order chi connectivity index (χ1) is 7.99. The minimum atomic E-state index is -0.0443. The molecule has 1 atom stereocenters. The van der Waals surface area contributed by atoms with Crippen molar-refractivity contribution in [2.75, 3.05) is 18.2 Å². The minimum absolute atomic E-state index is 0.0443. The van der Waals surface area contributed by atoms with Gasteiger partial charge in [-0.15, -0.1) is 11.8 Å². The van der Waals surface area contributed by atoms with E-state index in [4.69, 9.17) is 0 Å². The van der Waals surface area contributed by atoms with Gasteiger partial charge < -0.3 is 10.2 Å². The van der Waals surface area contributed by atoms with E-state index in [0.717, 1.165) is 12.8 Å². The van der Waals surface area contributed by atoms with Crippen molar-refractivity contribution in [2.45, 2.75) is 39.7 Å². The molecule has 0 aliphatic carbocycles. The van der Waals surface area contributed by atoms with Crippen LogP contribution in [-0.2, 0) is 9.59 Å². The van der Waals surface area contributed by atoms with E-state index < -0.39 is 0 Å². The zero-order chi connectivity index (χ0) is 12.8. The average Bonchev–Trinajstić information content (AvgIpc) is 2.61. The first-order valence-electron chi connectivity index (χ1n) is 6.14. The van der Waals surface area contributed by atoms with Crippen molar-refractivity contribution in [3.63, 3.8) is 0 Å². The lowest BCUT2D eigenvalue weighted by Gasteiger charge is -2.18. The van der Waals surface area contributed by atoms with Crippen LogP contribution in [0.15, 0.2) is 0 Å². The van der Waals surface area contributed by atoms with Crippen molar-refractivity contribution in [2.24, 2.45) is 5.92 Å². The van der Waals surface area contributed by atoms with Gasteiger partial charge in [-0.3, -0.25) is 9.59 Å². The maximum Gasteiger partial charge on any atom is 0.239 e. The number of nitrogens with one attached hydrogen (secondary N) is 1. The highest BCUT2D eigenvalue weighted by molar-refractivity contribution is 8.00. The van der Waals surface area contributed by atoms with Gasteiger partial charge >= 0.3 is 0 Å². The van der Waals surface area contributed by atoms with Gasteiger partial charge in [0.1, 0.15) is 6.54 Å². The molecule has 1 fully saturated rings. The highest BCUT2D eigenvalue weighted by Gasteiger charge is 2.23.